The number of fused-ring (bicyclic) bond motifs is 3. The predicted octanol–water partition coefficient (Wildman–Crippen LogP) is 7.23. The molecule has 6 rings (SSSR count). The molecule has 2 saturated heterocycles. The van der Waals surface area contributed by atoms with Crippen molar-refractivity contribution in [2.45, 2.75) is 54.5 Å². The van der Waals surface area contributed by atoms with Crippen LogP contribution in [-0.4, -0.2) is 35.8 Å². The molecule has 3 aromatic carbocycles. The molecule has 3 aromatic rings. The molecule has 3 aliphatic heterocycles. The zero-order valence-corrected chi connectivity index (χ0v) is 21.8. The fraction of sp³-hybridized carbons (Fsp3) is 0.321. The van der Waals surface area contributed by atoms with E-state index in [4.69, 9.17) is 37.4 Å². The van der Waals surface area contributed by atoms with Crippen LogP contribution < -0.4 is 14.2 Å². The molecule has 0 N–H and O–H groups in total. The van der Waals surface area contributed by atoms with Gasteiger partial charge >= 0.3 is 0 Å². The summed E-state index contributed by atoms with van der Waals surface area (Å²) < 4.78 is 17.2. The van der Waals surface area contributed by atoms with Crippen LogP contribution in [0.15, 0.2) is 65.6 Å². The van der Waals surface area contributed by atoms with E-state index in [2.05, 4.69) is 4.90 Å². The molecule has 8 heteroatoms. The number of hydrogen-bond donors (Lipinski definition) is 0. The van der Waals surface area contributed by atoms with E-state index >= 15 is 0 Å². The zero-order chi connectivity index (χ0) is 24.6. The van der Waals surface area contributed by atoms with Crippen LogP contribution in [0.25, 0.3) is 0 Å². The number of halogens is 2. The molecule has 2 unspecified atom stereocenters. The van der Waals surface area contributed by atoms with Crippen molar-refractivity contribution >= 4 is 40.9 Å². The smallest absolute Gasteiger partial charge is 0.254 e. The molecule has 0 radical (unpaired) electrons. The molecule has 2 fully saturated rings. The Labute approximate surface area is 224 Å². The molecular formula is C28H25Cl2NO4S. The number of ether oxygens (including phenoxy) is 3. The fourth-order valence-corrected chi connectivity index (χ4v) is 7.01. The molecule has 36 heavy (non-hydrogen) atoms. The number of carbonyl (C=O) groups excluding carboxylic acids is 1. The van der Waals surface area contributed by atoms with Gasteiger partial charge in [-0.2, -0.15) is 0 Å². The number of hydrogen-bond acceptors (Lipinski definition) is 5. The van der Waals surface area contributed by atoms with Crippen molar-refractivity contribution < 1.29 is 19.0 Å². The Hall–Kier alpha value is -2.54. The number of piperidine rings is 1. The number of rotatable bonds is 6. The number of nitrogens with zero attached hydrogens (tertiary/aromatic N) is 1. The van der Waals surface area contributed by atoms with E-state index in [9.17, 15) is 4.79 Å². The summed E-state index contributed by atoms with van der Waals surface area (Å²) in [5.74, 6) is 3.10. The highest BCUT2D eigenvalue weighted by atomic mass is 35.5. The van der Waals surface area contributed by atoms with Gasteiger partial charge in [0, 0.05) is 47.2 Å². The van der Waals surface area contributed by atoms with Gasteiger partial charge in [0.25, 0.3) is 5.91 Å². The Morgan fingerprint density at radius 3 is 2.36 bits per heavy atom. The summed E-state index contributed by atoms with van der Waals surface area (Å²) in [6.45, 7) is 0.249. The van der Waals surface area contributed by atoms with Gasteiger partial charge in [0.15, 0.2) is 11.5 Å². The minimum Gasteiger partial charge on any atom is -0.490 e. The number of thioether (sulfide) groups is 1. The predicted molar refractivity (Wildman–Crippen MR) is 142 cm³/mol. The van der Waals surface area contributed by atoms with E-state index in [-0.39, 0.29) is 30.9 Å². The first-order valence-corrected chi connectivity index (χ1v) is 13.8. The van der Waals surface area contributed by atoms with Crippen LogP contribution in [0.4, 0.5) is 0 Å². The van der Waals surface area contributed by atoms with Crippen molar-refractivity contribution in [2.75, 3.05) is 6.79 Å². The van der Waals surface area contributed by atoms with E-state index in [1.165, 1.54) is 0 Å². The van der Waals surface area contributed by atoms with E-state index in [1.807, 2.05) is 60.7 Å². The van der Waals surface area contributed by atoms with Gasteiger partial charge in [-0.15, -0.1) is 11.8 Å². The van der Waals surface area contributed by atoms with Crippen molar-refractivity contribution in [2.24, 2.45) is 0 Å². The maximum absolute atomic E-state index is 13.4. The summed E-state index contributed by atoms with van der Waals surface area (Å²) in [6, 6.07) is 19.5. The normalized spacial score (nSPS) is 22.1. The minimum atomic E-state index is 0.0861. The zero-order valence-electron chi connectivity index (χ0n) is 19.5. The number of carbonyl (C=O) groups is 1. The lowest BCUT2D eigenvalue weighted by Gasteiger charge is -2.39. The minimum absolute atomic E-state index is 0.0861. The van der Waals surface area contributed by atoms with Crippen molar-refractivity contribution in [3.05, 3.63) is 81.8 Å². The first-order chi connectivity index (χ1) is 17.5. The first-order valence-electron chi connectivity index (χ1n) is 12.1. The Bertz CT molecular complexity index is 1250. The third kappa shape index (κ3) is 4.74. The van der Waals surface area contributed by atoms with Crippen molar-refractivity contribution in [3.63, 3.8) is 0 Å². The molecule has 5 nitrogen and oxygen atoms in total. The van der Waals surface area contributed by atoms with Gasteiger partial charge in [-0.1, -0.05) is 41.4 Å². The van der Waals surface area contributed by atoms with Crippen LogP contribution in [-0.2, 0) is 5.75 Å². The van der Waals surface area contributed by atoms with Crippen molar-refractivity contribution in [1.82, 2.24) is 4.90 Å². The molecule has 3 aliphatic rings. The lowest BCUT2D eigenvalue weighted by Crippen LogP contribution is -2.49. The Morgan fingerprint density at radius 1 is 0.944 bits per heavy atom. The molecule has 1 amide bonds. The second-order valence-corrected chi connectivity index (χ2v) is 11.2. The summed E-state index contributed by atoms with van der Waals surface area (Å²) in [4.78, 5) is 16.4. The summed E-state index contributed by atoms with van der Waals surface area (Å²) >= 11 is 14.2. The second-order valence-electron chi connectivity index (χ2n) is 9.36. The lowest BCUT2D eigenvalue weighted by molar-refractivity contribution is 0.0358. The molecule has 2 atom stereocenters. The average molecular weight is 542 g/mol. The molecule has 2 bridgehead atoms. The van der Waals surface area contributed by atoms with E-state index < -0.39 is 0 Å². The average Bonchev–Trinajstić information content (AvgIpc) is 3.45. The van der Waals surface area contributed by atoms with Crippen LogP contribution in [0.1, 0.15) is 41.6 Å². The molecule has 0 saturated carbocycles. The summed E-state index contributed by atoms with van der Waals surface area (Å²) in [6.07, 6.45) is 3.80. The largest absolute Gasteiger partial charge is 0.490 e. The third-order valence-corrected chi connectivity index (χ3v) is 9.13. The highest BCUT2D eigenvalue weighted by Crippen LogP contribution is 2.41. The van der Waals surface area contributed by atoms with Gasteiger partial charge in [0.05, 0.1) is 10.0 Å². The van der Waals surface area contributed by atoms with Crippen LogP contribution in [0.3, 0.4) is 0 Å². The van der Waals surface area contributed by atoms with Gasteiger partial charge < -0.3 is 19.1 Å². The molecular weight excluding hydrogens is 517 g/mol. The first kappa shape index (κ1) is 23.8. The van der Waals surface area contributed by atoms with Crippen LogP contribution in [0.2, 0.25) is 10.0 Å². The third-order valence-electron chi connectivity index (χ3n) is 7.07. The van der Waals surface area contributed by atoms with Crippen LogP contribution in [0, 0.1) is 0 Å². The van der Waals surface area contributed by atoms with E-state index in [0.29, 0.717) is 10.0 Å². The monoisotopic (exact) mass is 541 g/mol. The highest BCUT2D eigenvalue weighted by molar-refractivity contribution is 7.98. The van der Waals surface area contributed by atoms with Crippen LogP contribution in [0.5, 0.6) is 17.2 Å². The quantitative estimate of drug-likeness (QED) is 0.308. The molecule has 3 heterocycles. The maximum atomic E-state index is 13.4. The number of benzene rings is 3. The summed E-state index contributed by atoms with van der Waals surface area (Å²) in [7, 11) is 0. The Morgan fingerprint density at radius 2 is 1.64 bits per heavy atom. The van der Waals surface area contributed by atoms with Gasteiger partial charge in [0.2, 0.25) is 6.79 Å². The van der Waals surface area contributed by atoms with Crippen molar-refractivity contribution in [3.8, 4) is 17.2 Å². The Balaban J connectivity index is 1.08. The fourth-order valence-electron chi connectivity index (χ4n) is 5.37. The van der Waals surface area contributed by atoms with Gasteiger partial charge in [-0.25, -0.2) is 0 Å². The summed E-state index contributed by atoms with van der Waals surface area (Å²) in [5, 5.41) is 1.31. The maximum Gasteiger partial charge on any atom is 0.254 e. The Kier molecular flexibility index (Phi) is 6.67. The molecule has 0 aliphatic carbocycles. The SMILES string of the molecule is O=C(c1ccc(CSc2c(Cl)cccc2Cl)cc1)N1C2CCC1CC(Oc1ccc3c(c1)OCO3)C2. The van der Waals surface area contributed by atoms with Crippen molar-refractivity contribution in [1.29, 1.82) is 0 Å². The van der Waals surface area contributed by atoms with Gasteiger partial charge in [-0.05, 0) is 54.8 Å². The van der Waals surface area contributed by atoms with E-state index in [1.54, 1.807) is 11.8 Å². The highest BCUT2D eigenvalue weighted by Gasteiger charge is 2.44. The van der Waals surface area contributed by atoms with Crippen LogP contribution >= 0.6 is 35.0 Å². The summed E-state index contributed by atoms with van der Waals surface area (Å²) in [5.41, 5.74) is 1.85. The van der Waals surface area contributed by atoms with Gasteiger partial charge in [-0.3, -0.25) is 4.79 Å². The van der Waals surface area contributed by atoms with E-state index in [0.717, 1.165) is 64.7 Å². The molecule has 0 spiro atoms. The molecule has 0 aromatic heterocycles. The second kappa shape index (κ2) is 10.1. The molecule has 186 valence electrons. The van der Waals surface area contributed by atoms with Gasteiger partial charge in [0.1, 0.15) is 11.9 Å². The topological polar surface area (TPSA) is 48.0 Å². The lowest BCUT2D eigenvalue weighted by atomic mass is 9.98. The standard InChI is InChI=1S/C28H25Cl2NO4S/c29-23-2-1-3-24(30)27(23)36-15-17-4-6-18(7-5-17)28(32)31-19-8-9-20(31)13-22(12-19)35-21-10-11-25-26(14-21)34-16-33-25/h1-7,10-11,14,19-20,22H,8-9,12-13,15-16H2. The number of amides is 1.